The molecule has 0 aromatic carbocycles. The van der Waals surface area contributed by atoms with Crippen molar-refractivity contribution in [1.82, 2.24) is 0 Å². The van der Waals surface area contributed by atoms with Crippen LogP contribution in [0.25, 0.3) is 0 Å². The molecule has 1 aliphatic rings. The minimum atomic E-state index is 0.175. The number of nitrogens with two attached hydrogens (primary N) is 1. The van der Waals surface area contributed by atoms with Crippen LogP contribution in [-0.2, 0) is 0 Å². The van der Waals surface area contributed by atoms with Crippen molar-refractivity contribution in [2.45, 2.75) is 45.1 Å². The Morgan fingerprint density at radius 1 is 1.47 bits per heavy atom. The summed E-state index contributed by atoms with van der Waals surface area (Å²) >= 11 is 0. The van der Waals surface area contributed by atoms with Gasteiger partial charge in [-0.15, -0.1) is 0 Å². The van der Waals surface area contributed by atoms with Crippen LogP contribution in [0, 0.1) is 11.8 Å². The Labute approximate surface area is 91.8 Å². The zero-order valence-corrected chi connectivity index (χ0v) is 9.49. The van der Waals surface area contributed by atoms with Crippen LogP contribution in [0.4, 0.5) is 0 Å². The lowest BCUT2D eigenvalue weighted by atomic mass is 9.73. The van der Waals surface area contributed by atoms with Gasteiger partial charge in [-0.05, 0) is 24.3 Å². The highest BCUT2D eigenvalue weighted by molar-refractivity contribution is 5.12. The number of hydrogen-bond acceptors (Lipinski definition) is 2. The van der Waals surface area contributed by atoms with Gasteiger partial charge in [-0.3, -0.25) is 0 Å². The molecule has 1 aliphatic carbocycles. The molecule has 1 aromatic heterocycles. The summed E-state index contributed by atoms with van der Waals surface area (Å²) in [6, 6.07) is 2.18. The molecule has 3 unspecified atom stereocenters. The van der Waals surface area contributed by atoms with Crippen molar-refractivity contribution in [3.63, 3.8) is 0 Å². The molecule has 1 saturated carbocycles. The largest absolute Gasteiger partial charge is 0.472 e. The van der Waals surface area contributed by atoms with Crippen LogP contribution in [0.15, 0.2) is 23.0 Å². The molecule has 1 aromatic rings. The van der Waals surface area contributed by atoms with Crippen LogP contribution < -0.4 is 5.73 Å². The van der Waals surface area contributed by atoms with Gasteiger partial charge in [-0.2, -0.15) is 0 Å². The number of furan rings is 1. The van der Waals surface area contributed by atoms with Crippen LogP contribution in [-0.4, -0.2) is 0 Å². The molecular weight excluding hydrogens is 186 g/mol. The Bertz CT molecular complexity index is 281. The highest BCUT2D eigenvalue weighted by Gasteiger charge is 2.29. The lowest BCUT2D eigenvalue weighted by Gasteiger charge is -2.34. The molecule has 2 N–H and O–H groups in total. The second-order valence-electron chi connectivity index (χ2n) is 4.70. The van der Waals surface area contributed by atoms with Gasteiger partial charge in [0.1, 0.15) is 0 Å². The molecule has 0 spiro atoms. The summed E-state index contributed by atoms with van der Waals surface area (Å²) in [4.78, 5) is 0. The van der Waals surface area contributed by atoms with Crippen LogP contribution in [0.5, 0.6) is 0 Å². The van der Waals surface area contributed by atoms with Crippen LogP contribution in [0.3, 0.4) is 0 Å². The van der Waals surface area contributed by atoms with Crippen LogP contribution in [0.1, 0.15) is 50.6 Å². The Morgan fingerprint density at radius 2 is 2.27 bits per heavy atom. The molecule has 0 saturated heterocycles. The standard InChI is InChI=1S/C13H21NO/c1-2-10-5-3-4-6-12(10)13(14)11-7-8-15-9-11/h7-10,12-13H,2-6,14H2,1H3. The Hall–Kier alpha value is -0.760. The fraction of sp³-hybridized carbons (Fsp3) is 0.692. The molecule has 3 atom stereocenters. The van der Waals surface area contributed by atoms with E-state index in [0.29, 0.717) is 5.92 Å². The summed E-state index contributed by atoms with van der Waals surface area (Å²) in [5.74, 6) is 1.46. The van der Waals surface area contributed by atoms with E-state index in [1.807, 2.05) is 6.07 Å². The first-order valence-electron chi connectivity index (χ1n) is 6.10. The molecule has 84 valence electrons. The van der Waals surface area contributed by atoms with Gasteiger partial charge in [0.15, 0.2) is 0 Å². The van der Waals surface area contributed by atoms with E-state index in [9.17, 15) is 0 Å². The molecule has 0 radical (unpaired) electrons. The Morgan fingerprint density at radius 3 is 2.93 bits per heavy atom. The Balaban J connectivity index is 2.07. The second kappa shape index (κ2) is 4.84. The monoisotopic (exact) mass is 207 g/mol. The average molecular weight is 207 g/mol. The minimum absolute atomic E-state index is 0.175. The van der Waals surface area contributed by atoms with Crippen molar-refractivity contribution in [3.8, 4) is 0 Å². The van der Waals surface area contributed by atoms with Crippen molar-refractivity contribution in [1.29, 1.82) is 0 Å². The third-order valence-corrected chi connectivity index (χ3v) is 3.88. The summed E-state index contributed by atoms with van der Waals surface area (Å²) in [7, 11) is 0. The number of hydrogen-bond donors (Lipinski definition) is 1. The van der Waals surface area contributed by atoms with E-state index in [0.717, 1.165) is 5.92 Å². The third kappa shape index (κ3) is 2.25. The highest BCUT2D eigenvalue weighted by atomic mass is 16.3. The third-order valence-electron chi connectivity index (χ3n) is 3.88. The van der Waals surface area contributed by atoms with Gasteiger partial charge >= 0.3 is 0 Å². The zero-order valence-electron chi connectivity index (χ0n) is 9.49. The SMILES string of the molecule is CCC1CCCCC1C(N)c1ccoc1. The molecule has 0 aliphatic heterocycles. The van der Waals surface area contributed by atoms with Gasteiger partial charge in [0.2, 0.25) is 0 Å². The van der Waals surface area contributed by atoms with E-state index in [-0.39, 0.29) is 6.04 Å². The first-order chi connectivity index (χ1) is 7.33. The molecule has 15 heavy (non-hydrogen) atoms. The highest BCUT2D eigenvalue weighted by Crippen LogP contribution is 2.39. The quantitative estimate of drug-likeness (QED) is 0.824. The summed E-state index contributed by atoms with van der Waals surface area (Å²) in [5.41, 5.74) is 7.49. The molecule has 1 heterocycles. The molecule has 2 nitrogen and oxygen atoms in total. The second-order valence-corrected chi connectivity index (χ2v) is 4.70. The van der Waals surface area contributed by atoms with Crippen LogP contribution in [0.2, 0.25) is 0 Å². The maximum Gasteiger partial charge on any atom is 0.0950 e. The van der Waals surface area contributed by atoms with Crippen molar-refractivity contribution in [2.75, 3.05) is 0 Å². The normalized spacial score (nSPS) is 28.9. The lowest BCUT2D eigenvalue weighted by molar-refractivity contribution is 0.196. The van der Waals surface area contributed by atoms with Gasteiger partial charge < -0.3 is 10.2 Å². The summed E-state index contributed by atoms with van der Waals surface area (Å²) in [6.45, 7) is 2.28. The molecule has 0 amide bonds. The lowest BCUT2D eigenvalue weighted by Crippen LogP contribution is -2.30. The van der Waals surface area contributed by atoms with Gasteiger partial charge in [-0.25, -0.2) is 0 Å². The summed E-state index contributed by atoms with van der Waals surface area (Å²) in [6.07, 6.45) is 10.1. The zero-order chi connectivity index (χ0) is 10.7. The predicted molar refractivity (Wildman–Crippen MR) is 61.4 cm³/mol. The molecule has 2 heteroatoms. The first-order valence-corrected chi connectivity index (χ1v) is 6.10. The maximum atomic E-state index is 6.32. The smallest absolute Gasteiger partial charge is 0.0950 e. The van der Waals surface area contributed by atoms with E-state index < -0.39 is 0 Å². The van der Waals surface area contributed by atoms with Gasteiger partial charge in [-0.1, -0.05) is 32.6 Å². The van der Waals surface area contributed by atoms with E-state index in [2.05, 4.69) is 6.92 Å². The van der Waals surface area contributed by atoms with Crippen molar-refractivity contribution >= 4 is 0 Å². The van der Waals surface area contributed by atoms with E-state index in [1.165, 1.54) is 37.7 Å². The fourth-order valence-corrected chi connectivity index (χ4v) is 2.93. The van der Waals surface area contributed by atoms with Crippen molar-refractivity contribution in [2.24, 2.45) is 17.6 Å². The molecular formula is C13H21NO. The van der Waals surface area contributed by atoms with E-state index in [4.69, 9.17) is 10.2 Å². The molecule has 1 fully saturated rings. The van der Waals surface area contributed by atoms with Gasteiger partial charge in [0, 0.05) is 11.6 Å². The van der Waals surface area contributed by atoms with Crippen LogP contribution >= 0.6 is 0 Å². The maximum absolute atomic E-state index is 6.32. The minimum Gasteiger partial charge on any atom is -0.472 e. The van der Waals surface area contributed by atoms with Gasteiger partial charge in [0.05, 0.1) is 12.5 Å². The number of rotatable bonds is 3. The van der Waals surface area contributed by atoms with Crippen molar-refractivity contribution < 1.29 is 4.42 Å². The Kier molecular flexibility index (Phi) is 3.47. The summed E-state index contributed by atoms with van der Waals surface area (Å²) in [5, 5.41) is 0. The van der Waals surface area contributed by atoms with Crippen molar-refractivity contribution in [3.05, 3.63) is 24.2 Å². The van der Waals surface area contributed by atoms with E-state index in [1.54, 1.807) is 12.5 Å². The molecule has 0 bridgehead atoms. The fourth-order valence-electron chi connectivity index (χ4n) is 2.93. The predicted octanol–water partition coefficient (Wildman–Crippen LogP) is 3.50. The molecule has 2 rings (SSSR count). The summed E-state index contributed by atoms with van der Waals surface area (Å²) < 4.78 is 5.12. The average Bonchev–Trinajstić information content (AvgIpc) is 2.81. The van der Waals surface area contributed by atoms with Gasteiger partial charge in [0.25, 0.3) is 0 Å². The topological polar surface area (TPSA) is 39.2 Å². The first kappa shape index (κ1) is 10.7. The van der Waals surface area contributed by atoms with E-state index >= 15 is 0 Å².